The molecule has 0 unspecified atom stereocenters. The van der Waals surface area contributed by atoms with E-state index in [1.54, 1.807) is 11.3 Å². The van der Waals surface area contributed by atoms with Crippen LogP contribution in [-0.2, 0) is 0 Å². The molecule has 0 aromatic carbocycles. The average molecular weight is 296 g/mol. The highest BCUT2D eigenvalue weighted by Gasteiger charge is 2.25. The molecule has 5 nitrogen and oxygen atoms in total. The van der Waals surface area contributed by atoms with Crippen LogP contribution in [0.2, 0.25) is 0 Å². The molecule has 0 atom stereocenters. The van der Waals surface area contributed by atoms with Crippen molar-refractivity contribution in [2.24, 2.45) is 0 Å². The molecule has 0 bridgehead atoms. The molecule has 2 amide bonds. The van der Waals surface area contributed by atoms with Gasteiger partial charge in [-0.2, -0.15) is 0 Å². The second-order valence-electron chi connectivity index (χ2n) is 6.29. The zero-order chi connectivity index (χ0) is 14.9. The summed E-state index contributed by atoms with van der Waals surface area (Å²) in [4.78, 5) is 22.1. The zero-order valence-corrected chi connectivity index (χ0v) is 13.8. The number of aromatic nitrogens is 1. The second kappa shape index (κ2) is 5.60. The highest BCUT2D eigenvalue weighted by Crippen LogP contribution is 2.25. The molecule has 0 radical (unpaired) electrons. The van der Waals surface area contributed by atoms with Gasteiger partial charge in [-0.3, -0.25) is 0 Å². The van der Waals surface area contributed by atoms with Gasteiger partial charge in [0.1, 0.15) is 0 Å². The normalized spacial score (nSPS) is 16.4. The number of nitrogens with one attached hydrogen (secondary N) is 1. The minimum Gasteiger partial charge on any atom is -0.345 e. The fourth-order valence-electron chi connectivity index (χ4n) is 2.09. The van der Waals surface area contributed by atoms with Crippen molar-refractivity contribution in [3.8, 4) is 0 Å². The van der Waals surface area contributed by atoms with Gasteiger partial charge in [0.05, 0.1) is 5.69 Å². The molecular formula is C14H24N4OS. The van der Waals surface area contributed by atoms with E-state index in [4.69, 9.17) is 0 Å². The van der Waals surface area contributed by atoms with E-state index < -0.39 is 0 Å². The van der Waals surface area contributed by atoms with Crippen LogP contribution < -0.4 is 10.2 Å². The van der Waals surface area contributed by atoms with Gasteiger partial charge in [-0.25, -0.2) is 9.78 Å². The Labute approximate surface area is 125 Å². The predicted molar refractivity (Wildman–Crippen MR) is 83.7 cm³/mol. The van der Waals surface area contributed by atoms with Gasteiger partial charge < -0.3 is 15.1 Å². The van der Waals surface area contributed by atoms with Crippen LogP contribution in [0.4, 0.5) is 9.93 Å². The highest BCUT2D eigenvalue weighted by molar-refractivity contribution is 7.15. The molecule has 6 heteroatoms. The summed E-state index contributed by atoms with van der Waals surface area (Å²) < 4.78 is 0. The van der Waals surface area contributed by atoms with Crippen molar-refractivity contribution in [1.82, 2.24) is 15.2 Å². The molecule has 1 saturated heterocycles. The zero-order valence-electron chi connectivity index (χ0n) is 13.0. The maximum Gasteiger partial charge on any atom is 0.317 e. The van der Waals surface area contributed by atoms with E-state index in [1.807, 2.05) is 32.6 Å². The van der Waals surface area contributed by atoms with Gasteiger partial charge in [-0.1, -0.05) is 0 Å². The topological polar surface area (TPSA) is 48.5 Å². The quantitative estimate of drug-likeness (QED) is 0.865. The molecule has 1 aromatic heterocycles. The summed E-state index contributed by atoms with van der Waals surface area (Å²) in [6.45, 7) is 13.4. The number of piperazine rings is 1. The van der Waals surface area contributed by atoms with E-state index in [2.05, 4.69) is 22.1 Å². The molecule has 0 saturated carbocycles. The van der Waals surface area contributed by atoms with Gasteiger partial charge in [0.25, 0.3) is 0 Å². The Morgan fingerprint density at radius 1 is 1.20 bits per heavy atom. The first-order valence-corrected chi connectivity index (χ1v) is 7.84. The van der Waals surface area contributed by atoms with Crippen LogP contribution in [0.25, 0.3) is 0 Å². The van der Waals surface area contributed by atoms with E-state index in [9.17, 15) is 4.79 Å². The summed E-state index contributed by atoms with van der Waals surface area (Å²) in [7, 11) is 0. The molecule has 112 valence electrons. The largest absolute Gasteiger partial charge is 0.345 e. The number of hydrogen-bond acceptors (Lipinski definition) is 4. The third kappa shape index (κ3) is 3.62. The van der Waals surface area contributed by atoms with E-state index >= 15 is 0 Å². The lowest BCUT2D eigenvalue weighted by Crippen LogP contribution is -2.55. The minimum absolute atomic E-state index is 0.0312. The number of amides is 2. The standard InChI is InChI=1S/C14H24N4OS/c1-10-11(2)20-13(15-10)18-8-6-17(7-9-18)12(19)16-14(3,4)5/h6-9H2,1-5H3,(H,16,19). The molecule has 20 heavy (non-hydrogen) atoms. The van der Waals surface area contributed by atoms with Crippen molar-refractivity contribution >= 4 is 22.5 Å². The van der Waals surface area contributed by atoms with Crippen LogP contribution in [0.5, 0.6) is 0 Å². The number of carbonyl (C=O) groups is 1. The first-order valence-electron chi connectivity index (χ1n) is 7.02. The first kappa shape index (κ1) is 15.1. The van der Waals surface area contributed by atoms with Gasteiger partial charge >= 0.3 is 6.03 Å². The smallest absolute Gasteiger partial charge is 0.317 e. The van der Waals surface area contributed by atoms with Crippen molar-refractivity contribution in [2.45, 2.75) is 40.2 Å². The van der Waals surface area contributed by atoms with Crippen molar-refractivity contribution < 1.29 is 4.79 Å². The minimum atomic E-state index is -0.183. The Morgan fingerprint density at radius 2 is 1.80 bits per heavy atom. The van der Waals surface area contributed by atoms with Crippen LogP contribution in [0.1, 0.15) is 31.3 Å². The molecule has 0 aliphatic carbocycles. The molecule has 1 N–H and O–H groups in total. The number of anilines is 1. The average Bonchev–Trinajstić information content (AvgIpc) is 2.68. The number of thiazole rings is 1. The maximum atomic E-state index is 12.1. The summed E-state index contributed by atoms with van der Waals surface area (Å²) in [5.41, 5.74) is 0.926. The molecule has 0 spiro atoms. The summed E-state index contributed by atoms with van der Waals surface area (Å²) in [5, 5.41) is 4.09. The summed E-state index contributed by atoms with van der Waals surface area (Å²) in [5.74, 6) is 0. The monoisotopic (exact) mass is 296 g/mol. The lowest BCUT2D eigenvalue weighted by molar-refractivity contribution is 0.185. The Bertz CT molecular complexity index is 464. The number of carbonyl (C=O) groups excluding carboxylic acids is 1. The fourth-order valence-corrected chi connectivity index (χ4v) is 3.05. The fraction of sp³-hybridized carbons (Fsp3) is 0.714. The lowest BCUT2D eigenvalue weighted by Gasteiger charge is -2.36. The van der Waals surface area contributed by atoms with Gasteiger partial charge in [0, 0.05) is 36.6 Å². The SMILES string of the molecule is Cc1nc(N2CCN(C(=O)NC(C)(C)C)CC2)sc1C. The molecule has 1 aliphatic heterocycles. The van der Waals surface area contributed by atoms with Crippen molar-refractivity contribution in [3.63, 3.8) is 0 Å². The van der Waals surface area contributed by atoms with Crippen LogP contribution in [0.3, 0.4) is 0 Å². The van der Waals surface area contributed by atoms with E-state index in [1.165, 1.54) is 4.88 Å². The molecular weight excluding hydrogens is 272 g/mol. The van der Waals surface area contributed by atoms with Crippen LogP contribution in [-0.4, -0.2) is 47.6 Å². The summed E-state index contributed by atoms with van der Waals surface area (Å²) >= 11 is 1.74. The third-order valence-electron chi connectivity index (χ3n) is 3.34. The van der Waals surface area contributed by atoms with Gasteiger partial charge in [0.15, 0.2) is 5.13 Å². The van der Waals surface area contributed by atoms with Gasteiger partial charge in [0.2, 0.25) is 0 Å². The number of hydrogen-bond donors (Lipinski definition) is 1. The Hall–Kier alpha value is -1.30. The van der Waals surface area contributed by atoms with Crippen LogP contribution in [0.15, 0.2) is 0 Å². The molecule has 1 aromatic rings. The van der Waals surface area contributed by atoms with Crippen LogP contribution in [0, 0.1) is 13.8 Å². The maximum absolute atomic E-state index is 12.1. The Morgan fingerprint density at radius 3 is 2.25 bits per heavy atom. The number of aryl methyl sites for hydroxylation is 2. The molecule has 2 rings (SSSR count). The van der Waals surface area contributed by atoms with Gasteiger partial charge in [-0.15, -0.1) is 11.3 Å². The van der Waals surface area contributed by atoms with E-state index in [0.717, 1.165) is 37.0 Å². The molecule has 1 fully saturated rings. The number of nitrogens with zero attached hydrogens (tertiary/aromatic N) is 3. The number of urea groups is 1. The number of rotatable bonds is 1. The van der Waals surface area contributed by atoms with Crippen LogP contribution >= 0.6 is 11.3 Å². The highest BCUT2D eigenvalue weighted by atomic mass is 32.1. The summed E-state index contributed by atoms with van der Waals surface area (Å²) in [6, 6.07) is 0.0312. The first-order chi connectivity index (χ1) is 9.26. The van der Waals surface area contributed by atoms with E-state index in [-0.39, 0.29) is 11.6 Å². The van der Waals surface area contributed by atoms with Gasteiger partial charge in [-0.05, 0) is 34.6 Å². The third-order valence-corrected chi connectivity index (χ3v) is 4.47. The van der Waals surface area contributed by atoms with Crippen molar-refractivity contribution in [1.29, 1.82) is 0 Å². The predicted octanol–water partition coefficient (Wildman–Crippen LogP) is 2.39. The lowest BCUT2D eigenvalue weighted by atomic mass is 10.1. The summed E-state index contributed by atoms with van der Waals surface area (Å²) in [6.07, 6.45) is 0. The van der Waals surface area contributed by atoms with E-state index in [0.29, 0.717) is 0 Å². The Kier molecular flexibility index (Phi) is 4.22. The van der Waals surface area contributed by atoms with Crippen molar-refractivity contribution in [2.75, 3.05) is 31.1 Å². The van der Waals surface area contributed by atoms with Crippen molar-refractivity contribution in [3.05, 3.63) is 10.6 Å². The molecule has 1 aliphatic rings. The molecule has 2 heterocycles. The Balaban J connectivity index is 1.91. The second-order valence-corrected chi connectivity index (χ2v) is 7.47.